The Morgan fingerprint density at radius 1 is 0.828 bits per heavy atom. The number of aliphatic carboxylic acids is 1. The summed E-state index contributed by atoms with van der Waals surface area (Å²) in [5.74, 6) is -5.61. The summed E-state index contributed by atoms with van der Waals surface area (Å²) in [5, 5.41) is 51.1. The predicted molar refractivity (Wildman–Crippen MR) is 213 cm³/mol. The number of phenols is 2. The zero-order valence-corrected chi connectivity index (χ0v) is 34.0. The molecule has 0 aromatic heterocycles. The van der Waals surface area contributed by atoms with Gasteiger partial charge in [0.2, 0.25) is 35.4 Å². The summed E-state index contributed by atoms with van der Waals surface area (Å²) >= 11 is 0. The second-order valence-electron chi connectivity index (χ2n) is 15.2. The van der Waals surface area contributed by atoms with Crippen LogP contribution in [0, 0.1) is 5.92 Å². The summed E-state index contributed by atoms with van der Waals surface area (Å²) < 4.78 is 0. The van der Waals surface area contributed by atoms with E-state index in [0.29, 0.717) is 17.9 Å². The van der Waals surface area contributed by atoms with E-state index in [-0.39, 0.29) is 46.9 Å². The zero-order valence-electron chi connectivity index (χ0n) is 34.0. The molecule has 3 rings (SSSR count). The van der Waals surface area contributed by atoms with Crippen LogP contribution in [0.1, 0.15) is 89.8 Å². The van der Waals surface area contributed by atoms with Gasteiger partial charge >= 0.3 is 5.97 Å². The van der Waals surface area contributed by atoms with Gasteiger partial charge in [-0.25, -0.2) is 4.79 Å². The number of unbranched alkanes of at least 4 members (excludes halogenated alkanes) is 4. The van der Waals surface area contributed by atoms with Crippen molar-refractivity contribution in [3.05, 3.63) is 47.5 Å². The maximum absolute atomic E-state index is 13.8. The van der Waals surface area contributed by atoms with Gasteiger partial charge < -0.3 is 51.5 Å². The molecule has 1 aliphatic heterocycles. The van der Waals surface area contributed by atoms with E-state index in [9.17, 15) is 54.0 Å². The molecule has 0 fully saturated rings. The number of aliphatic hydroxyl groups excluding tert-OH is 1. The topological polar surface area (TPSA) is 255 Å². The number of hydrogen-bond acceptors (Lipinski definition) is 10. The molecular weight excluding hydrogens is 752 g/mol. The van der Waals surface area contributed by atoms with E-state index in [1.54, 1.807) is 0 Å². The molecular formula is C41H58N6O11. The molecule has 0 radical (unpaired) electrons. The van der Waals surface area contributed by atoms with Crippen LogP contribution in [0.3, 0.4) is 0 Å². The first-order chi connectivity index (χ1) is 27.4. The van der Waals surface area contributed by atoms with Gasteiger partial charge in [0.15, 0.2) is 0 Å². The van der Waals surface area contributed by atoms with E-state index in [1.165, 1.54) is 64.3 Å². The Bertz CT molecular complexity index is 1820. The average Bonchev–Trinajstić information content (AvgIpc) is 3.16. The second-order valence-corrected chi connectivity index (χ2v) is 15.2. The Morgan fingerprint density at radius 2 is 1.45 bits per heavy atom. The second kappa shape index (κ2) is 21.7. The molecule has 0 saturated heterocycles. The van der Waals surface area contributed by atoms with E-state index >= 15 is 0 Å². The van der Waals surface area contributed by atoms with Gasteiger partial charge in [-0.3, -0.25) is 28.8 Å². The number of carbonyl (C=O) groups is 7. The van der Waals surface area contributed by atoms with Crippen molar-refractivity contribution < 1.29 is 54.0 Å². The number of nitrogens with zero attached hydrogens (tertiary/aromatic N) is 2. The van der Waals surface area contributed by atoms with Crippen LogP contribution in [0.2, 0.25) is 0 Å². The predicted octanol–water partition coefficient (Wildman–Crippen LogP) is 1.72. The third kappa shape index (κ3) is 12.9. The lowest BCUT2D eigenvalue weighted by atomic mass is 9.94. The monoisotopic (exact) mass is 810 g/mol. The van der Waals surface area contributed by atoms with Crippen molar-refractivity contribution in [1.29, 1.82) is 0 Å². The number of benzene rings is 2. The number of rotatable bonds is 17. The van der Waals surface area contributed by atoms with Gasteiger partial charge in [0.05, 0.1) is 13.2 Å². The highest BCUT2D eigenvalue weighted by Gasteiger charge is 2.34. The van der Waals surface area contributed by atoms with Crippen LogP contribution < -0.4 is 21.3 Å². The molecule has 8 N–H and O–H groups in total. The van der Waals surface area contributed by atoms with Gasteiger partial charge in [0.25, 0.3) is 0 Å². The first-order valence-corrected chi connectivity index (χ1v) is 19.5. The summed E-state index contributed by atoms with van der Waals surface area (Å²) in [6, 6.07) is 1.61. The molecule has 0 saturated carbocycles. The normalized spacial score (nSPS) is 17.8. The molecule has 17 nitrogen and oxygen atoms in total. The van der Waals surface area contributed by atoms with Crippen molar-refractivity contribution in [1.82, 2.24) is 31.1 Å². The lowest BCUT2D eigenvalue weighted by Gasteiger charge is -2.30. The van der Waals surface area contributed by atoms with E-state index in [0.717, 1.165) is 41.9 Å². The van der Waals surface area contributed by atoms with Crippen LogP contribution in [0.25, 0.3) is 11.1 Å². The van der Waals surface area contributed by atoms with Crippen molar-refractivity contribution in [3.8, 4) is 22.6 Å². The number of aliphatic hydroxyl groups is 1. The Morgan fingerprint density at radius 3 is 2.09 bits per heavy atom. The number of carboxylic acid groups (broad SMARTS) is 1. The Balaban J connectivity index is 1.72. The first kappa shape index (κ1) is 46.7. The highest BCUT2D eigenvalue weighted by atomic mass is 16.4. The van der Waals surface area contributed by atoms with Crippen LogP contribution in [0.4, 0.5) is 0 Å². The number of aromatic hydroxyl groups is 2. The quantitative estimate of drug-likeness (QED) is 0.107. The number of nitrogens with one attached hydrogen (secondary N) is 4. The number of likely N-dealkylation sites (N-methyl/N-ethyl adjacent to an activating group) is 2. The third-order valence-corrected chi connectivity index (χ3v) is 10.2. The molecule has 17 heteroatoms. The molecule has 4 bridgehead atoms. The summed E-state index contributed by atoms with van der Waals surface area (Å²) in [5.41, 5.74) is 0.720. The van der Waals surface area contributed by atoms with Crippen LogP contribution in [0.15, 0.2) is 36.4 Å². The van der Waals surface area contributed by atoms with E-state index in [2.05, 4.69) is 35.1 Å². The fourth-order valence-corrected chi connectivity index (χ4v) is 6.56. The van der Waals surface area contributed by atoms with Crippen molar-refractivity contribution in [2.75, 3.05) is 27.2 Å². The Hall–Kier alpha value is -5.71. The average molecular weight is 811 g/mol. The van der Waals surface area contributed by atoms with Crippen LogP contribution >= 0.6 is 0 Å². The van der Waals surface area contributed by atoms with Crippen LogP contribution in [-0.4, -0.2) is 123 Å². The van der Waals surface area contributed by atoms with Gasteiger partial charge in [-0.05, 0) is 61.6 Å². The largest absolute Gasteiger partial charge is 0.507 e. The molecule has 318 valence electrons. The van der Waals surface area contributed by atoms with Gasteiger partial charge in [-0.2, -0.15) is 0 Å². The fraction of sp³-hybridized carbons (Fsp3) is 0.537. The maximum atomic E-state index is 13.8. The van der Waals surface area contributed by atoms with E-state index < -0.39 is 78.9 Å². The molecule has 2 aromatic carbocycles. The third-order valence-electron chi connectivity index (χ3n) is 10.2. The highest BCUT2D eigenvalue weighted by molar-refractivity contribution is 5.96. The van der Waals surface area contributed by atoms with Crippen LogP contribution in [-0.2, 0) is 40.0 Å². The maximum Gasteiger partial charge on any atom is 0.326 e. The molecule has 1 aliphatic rings. The van der Waals surface area contributed by atoms with Gasteiger partial charge in [0, 0.05) is 38.1 Å². The Kier molecular flexibility index (Phi) is 17.5. The fourth-order valence-electron chi connectivity index (χ4n) is 6.56. The molecule has 0 aliphatic carbocycles. The summed E-state index contributed by atoms with van der Waals surface area (Å²) in [6.07, 6.45) is 5.90. The smallest absolute Gasteiger partial charge is 0.326 e. The van der Waals surface area contributed by atoms with Gasteiger partial charge in [0.1, 0.15) is 41.7 Å². The molecule has 6 amide bonds. The first-order valence-electron chi connectivity index (χ1n) is 19.5. The molecule has 1 heterocycles. The van der Waals surface area contributed by atoms with Gasteiger partial charge in [-0.1, -0.05) is 58.1 Å². The SMILES string of the molecule is CC(C)CCCCCCCC(=O)N(C)[C@H](CO)C(=O)N[C@H](C)C(=O)NCC(=O)N(C)C1C(=O)N[C@@H](C)C(=O)NC(C(=O)O)Cc2ccc(O)c(c2)-c2cc1ccc2O. The van der Waals surface area contributed by atoms with E-state index in [1.807, 2.05) is 0 Å². The zero-order chi connectivity index (χ0) is 43.3. The number of hydrogen-bond donors (Lipinski definition) is 8. The van der Waals surface area contributed by atoms with Crippen molar-refractivity contribution >= 4 is 41.4 Å². The number of carboxylic acids is 1. The summed E-state index contributed by atoms with van der Waals surface area (Å²) in [7, 11) is 2.68. The summed E-state index contributed by atoms with van der Waals surface area (Å²) in [6.45, 7) is 5.71. The van der Waals surface area contributed by atoms with Gasteiger partial charge in [-0.15, -0.1) is 0 Å². The molecule has 58 heavy (non-hydrogen) atoms. The van der Waals surface area contributed by atoms with Crippen molar-refractivity contribution in [2.24, 2.45) is 5.92 Å². The standard InChI is InChI=1S/C41H58N6O11/c1-23(2)12-10-8-7-9-11-13-34(51)46(5)31(22-48)39(55)43-24(3)37(53)42-21-35(52)47(6)36-27-15-17-33(50)29(20-27)28-18-26(14-16-32(28)49)19-30(41(57)58)45-38(54)25(4)44-40(36)56/h14-18,20,23-25,30-31,36,48-50H,7-13,19,21-22H2,1-6H3,(H,42,53)(H,43,55)(H,44,56)(H,45,54)(H,57,58)/t24-,25+,30?,31-,36?/m1/s1. The highest BCUT2D eigenvalue weighted by Crippen LogP contribution is 2.38. The number of amides is 6. The molecule has 2 aromatic rings. The number of fused-ring (bicyclic) bond motifs is 5. The van der Waals surface area contributed by atoms with Crippen molar-refractivity contribution in [2.45, 2.75) is 109 Å². The molecule has 0 spiro atoms. The van der Waals surface area contributed by atoms with E-state index in [4.69, 9.17) is 0 Å². The minimum Gasteiger partial charge on any atom is -0.507 e. The lowest BCUT2D eigenvalue weighted by molar-refractivity contribution is -0.143. The lowest BCUT2D eigenvalue weighted by Crippen LogP contribution is -2.55. The van der Waals surface area contributed by atoms with Crippen LogP contribution in [0.5, 0.6) is 11.5 Å². The number of phenolic OH excluding ortho intramolecular Hbond substituents is 2. The summed E-state index contributed by atoms with van der Waals surface area (Å²) in [4.78, 5) is 93.6. The van der Waals surface area contributed by atoms with Crippen molar-refractivity contribution in [3.63, 3.8) is 0 Å². The molecule has 2 unspecified atom stereocenters. The number of carbonyl (C=O) groups excluding carboxylic acids is 6. The minimum absolute atomic E-state index is 0.0652. The molecule has 5 atom stereocenters. The minimum atomic E-state index is -1.47. The Labute approximate surface area is 338 Å².